The molecule has 16 heteroatoms. The second-order valence-electron chi connectivity index (χ2n) is 11.9. The number of carbonyl (C=O) groups is 1. The molecule has 2 aliphatic rings. The molecule has 1 fully saturated rings. The number of ether oxygens (including phenoxy) is 3. The minimum Gasteiger partial charge on any atom is -0.476 e. The molecule has 4 aromatic rings. The number of nitrogens with two attached hydrogens (primary N) is 1. The van der Waals surface area contributed by atoms with E-state index in [0.717, 1.165) is 31.1 Å². The van der Waals surface area contributed by atoms with Crippen molar-refractivity contribution in [3.05, 3.63) is 48.8 Å². The first kappa shape index (κ1) is 33.1. The molecule has 3 unspecified atom stereocenters. The lowest BCUT2D eigenvalue weighted by Crippen LogP contribution is -2.44. The van der Waals surface area contributed by atoms with Gasteiger partial charge in [0.1, 0.15) is 29.6 Å². The number of imidazole rings is 1. The van der Waals surface area contributed by atoms with Crippen molar-refractivity contribution in [2.75, 3.05) is 25.6 Å². The molecule has 6 atom stereocenters. The number of hydrogen-bond acceptors (Lipinski definition) is 13. The van der Waals surface area contributed by atoms with Gasteiger partial charge in [-0.2, -0.15) is 15.1 Å². The molecule has 2 aromatic carbocycles. The minimum absolute atomic E-state index is 0.0666. The zero-order chi connectivity index (χ0) is 33.2. The maximum atomic E-state index is 14.4. The lowest BCUT2D eigenvalue weighted by molar-refractivity contribution is -0.145. The molecule has 252 valence electrons. The van der Waals surface area contributed by atoms with E-state index in [2.05, 4.69) is 20.0 Å². The number of carbonyl (C=O) groups excluding carboxylic acids is 1. The van der Waals surface area contributed by atoms with Crippen molar-refractivity contribution < 1.29 is 42.8 Å². The van der Waals surface area contributed by atoms with Crippen LogP contribution in [0.25, 0.3) is 21.9 Å². The van der Waals surface area contributed by atoms with E-state index in [0.29, 0.717) is 23.9 Å². The molecule has 2 aliphatic heterocycles. The first-order chi connectivity index (χ1) is 22.6. The second kappa shape index (κ2) is 13.7. The van der Waals surface area contributed by atoms with Crippen molar-refractivity contribution in [2.24, 2.45) is 0 Å². The van der Waals surface area contributed by atoms with Gasteiger partial charge in [-0.25, -0.2) is 9.55 Å². The summed E-state index contributed by atoms with van der Waals surface area (Å²) >= 11 is 0. The van der Waals surface area contributed by atoms with Crippen LogP contribution in [0.15, 0.2) is 48.8 Å². The van der Waals surface area contributed by atoms with Crippen LogP contribution < -0.4 is 20.1 Å². The standard InChI is InChI=1S/C31H39N6O9P/c1-19-28(39)43-16-9-5-3-4-8-15-42-27-24-26(34-30(32)35-27)37(18-33-24)29-31(2,40)25(38)23(45-29)17-44-47(41,36-19)46-22-14-10-12-20-11-6-7-13-21(20)22/h6-7,10-14,18-19,23,25,29,38,40H,3-5,8-9,15-17H2,1-2H3,(H,36,41)(H2,32,34,35)/t19-,23?,25+,29?,31+,47?/m0/s1. The highest BCUT2D eigenvalue weighted by Gasteiger charge is 2.54. The molecule has 4 heterocycles. The Morgan fingerprint density at radius 2 is 1.79 bits per heavy atom. The van der Waals surface area contributed by atoms with E-state index in [-0.39, 0.29) is 29.8 Å². The quantitative estimate of drug-likeness (QED) is 0.178. The summed E-state index contributed by atoms with van der Waals surface area (Å²) in [6.07, 6.45) is 1.45. The average Bonchev–Trinajstić information content (AvgIpc) is 3.55. The summed E-state index contributed by atoms with van der Waals surface area (Å²) in [7, 11) is -4.35. The molecule has 2 aromatic heterocycles. The fraction of sp³-hybridized carbons (Fsp3) is 0.484. The fourth-order valence-electron chi connectivity index (χ4n) is 5.71. The van der Waals surface area contributed by atoms with Crippen molar-refractivity contribution in [3.63, 3.8) is 0 Å². The molecular formula is C31H39N6O9P. The summed E-state index contributed by atoms with van der Waals surface area (Å²) in [4.78, 5) is 25.8. The number of benzene rings is 2. The van der Waals surface area contributed by atoms with E-state index in [4.69, 9.17) is 29.0 Å². The first-order valence-electron chi connectivity index (χ1n) is 15.6. The Morgan fingerprint density at radius 1 is 1.06 bits per heavy atom. The summed E-state index contributed by atoms with van der Waals surface area (Å²) in [6, 6.07) is 11.5. The van der Waals surface area contributed by atoms with Gasteiger partial charge in [-0.1, -0.05) is 55.7 Å². The molecule has 6 rings (SSSR count). The summed E-state index contributed by atoms with van der Waals surface area (Å²) in [5.41, 5.74) is 4.65. The Bertz CT molecular complexity index is 1780. The number of nitrogens with zero attached hydrogens (tertiary/aromatic N) is 4. The Morgan fingerprint density at radius 3 is 2.60 bits per heavy atom. The number of anilines is 1. The second-order valence-corrected chi connectivity index (χ2v) is 13.6. The molecule has 47 heavy (non-hydrogen) atoms. The lowest BCUT2D eigenvalue weighted by Gasteiger charge is -2.27. The van der Waals surface area contributed by atoms with Crippen LogP contribution in [0, 0.1) is 0 Å². The van der Waals surface area contributed by atoms with Gasteiger partial charge in [0.05, 0.1) is 26.1 Å². The van der Waals surface area contributed by atoms with Gasteiger partial charge in [-0.3, -0.25) is 13.9 Å². The topological polar surface area (TPSA) is 202 Å². The molecule has 0 amide bonds. The maximum Gasteiger partial charge on any atom is 0.459 e. The maximum absolute atomic E-state index is 14.4. The number of aliphatic hydroxyl groups excluding tert-OH is 1. The summed E-state index contributed by atoms with van der Waals surface area (Å²) in [6.45, 7) is 2.95. The lowest BCUT2D eigenvalue weighted by atomic mass is 9.96. The Labute approximate surface area is 270 Å². The van der Waals surface area contributed by atoms with Gasteiger partial charge in [-0.05, 0) is 38.1 Å². The number of aliphatic hydroxyl groups is 2. The van der Waals surface area contributed by atoms with Crippen LogP contribution in [-0.2, 0) is 23.4 Å². The first-order valence-corrected chi connectivity index (χ1v) is 17.1. The van der Waals surface area contributed by atoms with E-state index < -0.39 is 50.4 Å². The number of hydrogen-bond donors (Lipinski definition) is 4. The van der Waals surface area contributed by atoms with E-state index in [9.17, 15) is 19.6 Å². The number of nitrogens with one attached hydrogen (secondary N) is 1. The summed E-state index contributed by atoms with van der Waals surface area (Å²) < 4.78 is 45.1. The molecule has 0 aliphatic carbocycles. The predicted octanol–water partition coefficient (Wildman–Crippen LogP) is 3.64. The smallest absolute Gasteiger partial charge is 0.459 e. The Kier molecular flexibility index (Phi) is 9.65. The normalized spacial score (nSPS) is 29.9. The van der Waals surface area contributed by atoms with Crippen molar-refractivity contribution in [1.29, 1.82) is 0 Å². The van der Waals surface area contributed by atoms with E-state index in [1.54, 1.807) is 18.2 Å². The third-order valence-corrected chi connectivity index (χ3v) is 9.90. The largest absolute Gasteiger partial charge is 0.476 e. The van der Waals surface area contributed by atoms with Gasteiger partial charge in [0.25, 0.3) is 0 Å². The average molecular weight is 671 g/mol. The number of nitrogen functional groups attached to an aromatic ring is 1. The molecule has 0 radical (unpaired) electrons. The van der Waals surface area contributed by atoms with Gasteiger partial charge < -0.3 is 34.7 Å². The Balaban J connectivity index is 1.32. The fourth-order valence-corrected chi connectivity index (χ4v) is 7.23. The summed E-state index contributed by atoms with van der Waals surface area (Å²) in [5, 5.41) is 26.9. The van der Waals surface area contributed by atoms with Crippen molar-refractivity contribution in [1.82, 2.24) is 24.6 Å². The number of aromatic nitrogens is 4. The number of rotatable bonds is 2. The van der Waals surface area contributed by atoms with Gasteiger partial charge >= 0.3 is 13.7 Å². The highest BCUT2D eigenvalue weighted by molar-refractivity contribution is 7.52. The van der Waals surface area contributed by atoms with Crippen molar-refractivity contribution >= 4 is 41.6 Å². The van der Waals surface area contributed by atoms with Gasteiger partial charge in [0.2, 0.25) is 11.8 Å². The minimum atomic E-state index is -4.35. The van der Waals surface area contributed by atoms with Crippen LogP contribution in [0.4, 0.5) is 5.95 Å². The molecule has 1 saturated heterocycles. The van der Waals surface area contributed by atoms with Crippen LogP contribution >= 0.6 is 7.75 Å². The summed E-state index contributed by atoms with van der Waals surface area (Å²) in [5.74, 6) is -0.261. The van der Waals surface area contributed by atoms with Gasteiger partial charge in [0, 0.05) is 5.39 Å². The number of fused-ring (bicyclic) bond motifs is 4. The molecule has 5 N–H and O–H groups in total. The third kappa shape index (κ3) is 7.05. The number of esters is 1. The Hall–Kier alpha value is -3.85. The van der Waals surface area contributed by atoms with Crippen molar-refractivity contribution in [3.8, 4) is 11.6 Å². The van der Waals surface area contributed by atoms with Gasteiger partial charge in [0.15, 0.2) is 17.4 Å². The third-order valence-electron chi connectivity index (χ3n) is 8.27. The SMILES string of the molecule is C[C@@H]1NP(=O)(Oc2cccc3ccccc23)OCC2OC(n3cnc4c(nc(N)nc43)OCCCCCCCOC1=O)[C@](C)(O)[C@@H]2O. The van der Waals surface area contributed by atoms with Crippen LogP contribution in [0.1, 0.15) is 52.2 Å². The van der Waals surface area contributed by atoms with E-state index in [1.165, 1.54) is 24.7 Å². The van der Waals surface area contributed by atoms with Crippen LogP contribution in [0.2, 0.25) is 0 Å². The highest BCUT2D eigenvalue weighted by atomic mass is 31.2. The van der Waals surface area contributed by atoms with Gasteiger partial charge in [-0.15, -0.1) is 0 Å². The van der Waals surface area contributed by atoms with E-state index >= 15 is 0 Å². The predicted molar refractivity (Wildman–Crippen MR) is 171 cm³/mol. The number of cyclic esters (lactones) is 1. The molecular weight excluding hydrogens is 631 g/mol. The zero-order valence-electron chi connectivity index (χ0n) is 26.2. The zero-order valence-corrected chi connectivity index (χ0v) is 27.0. The monoisotopic (exact) mass is 670 g/mol. The van der Waals surface area contributed by atoms with Crippen LogP contribution in [0.5, 0.6) is 11.6 Å². The van der Waals surface area contributed by atoms with Crippen LogP contribution in [0.3, 0.4) is 0 Å². The molecule has 15 nitrogen and oxygen atoms in total. The molecule has 6 bridgehead atoms. The molecule has 0 saturated carbocycles. The van der Waals surface area contributed by atoms with Crippen molar-refractivity contribution in [2.45, 2.75) is 76.0 Å². The van der Waals surface area contributed by atoms with Crippen LogP contribution in [-0.4, -0.2) is 79.4 Å². The highest BCUT2D eigenvalue weighted by Crippen LogP contribution is 2.48. The molecule has 0 spiro atoms. The van der Waals surface area contributed by atoms with E-state index in [1.807, 2.05) is 24.3 Å².